The summed E-state index contributed by atoms with van der Waals surface area (Å²) in [6.45, 7) is 2.70. The van der Waals surface area contributed by atoms with Crippen LogP contribution in [0.3, 0.4) is 0 Å². The number of hydrogen-bond acceptors (Lipinski definition) is 10. The molecule has 0 aliphatic rings. The van der Waals surface area contributed by atoms with E-state index in [1.54, 1.807) is 12.1 Å². The molecule has 0 aromatic carbocycles. The lowest BCUT2D eigenvalue weighted by atomic mass is 9.87. The second kappa shape index (κ2) is 6.32. The smallest absolute Gasteiger partial charge is 0.171 e. The van der Waals surface area contributed by atoms with Crippen LogP contribution in [0.2, 0.25) is 0 Å². The van der Waals surface area contributed by atoms with E-state index in [-0.39, 0.29) is 6.42 Å². The quantitative estimate of drug-likeness (QED) is 0.409. The van der Waals surface area contributed by atoms with Gasteiger partial charge in [0.1, 0.15) is 0 Å². The summed E-state index contributed by atoms with van der Waals surface area (Å²) in [5.41, 5.74) is -2.91. The molecule has 0 aromatic heterocycles. The van der Waals surface area contributed by atoms with Crippen LogP contribution < -0.4 is 0 Å². The fourth-order valence-electron chi connectivity index (χ4n) is 1.08. The van der Waals surface area contributed by atoms with Crippen LogP contribution in [0.4, 0.5) is 0 Å². The summed E-state index contributed by atoms with van der Waals surface area (Å²) in [4.78, 5) is 6.75. The largest absolute Gasteiger partial charge is 0.203 e. The van der Waals surface area contributed by atoms with Crippen molar-refractivity contribution in [2.45, 2.75) is 31.3 Å². The van der Waals surface area contributed by atoms with Gasteiger partial charge in [-0.15, -0.1) is 10.2 Å². The van der Waals surface area contributed by atoms with Gasteiger partial charge in [-0.05, 0) is 13.8 Å². The molecule has 92 valence electrons. The van der Waals surface area contributed by atoms with Gasteiger partial charge in [0.25, 0.3) is 0 Å². The predicted octanol–water partition coefficient (Wildman–Crippen LogP) is 1.65. The molecule has 0 spiro atoms. The number of nitrogens with zero attached hydrogens (tertiary/aromatic N) is 6. The molecule has 2 atom stereocenters. The molecule has 0 saturated carbocycles. The number of rotatable bonds is 6. The lowest BCUT2D eigenvalue weighted by molar-refractivity contribution is -0.253. The Morgan fingerprint density at radius 3 is 1.59 bits per heavy atom. The Labute approximate surface area is 96.2 Å². The molecule has 0 bridgehead atoms. The summed E-state index contributed by atoms with van der Waals surface area (Å²) in [7, 11) is 0. The van der Waals surface area contributed by atoms with E-state index < -0.39 is 11.1 Å². The average molecular weight is 242 g/mol. The van der Waals surface area contributed by atoms with Gasteiger partial charge in [-0.3, -0.25) is 0 Å². The van der Waals surface area contributed by atoms with Gasteiger partial charge < -0.3 is 0 Å². The number of nitriles is 2. The lowest BCUT2D eigenvalue weighted by Crippen LogP contribution is -2.32. The van der Waals surface area contributed by atoms with E-state index in [0.717, 1.165) is 0 Å². The Morgan fingerprint density at radius 1 is 1.00 bits per heavy atom. The zero-order valence-electron chi connectivity index (χ0n) is 9.10. The fraction of sp³-hybridized carbons (Fsp3) is 0.714. The molecule has 0 radical (unpaired) electrons. The second-order valence-electron chi connectivity index (χ2n) is 3.47. The number of hydrogen-bond donors (Lipinski definition) is 2. The van der Waals surface area contributed by atoms with Crippen LogP contribution in [0, 0.1) is 22.7 Å². The molecule has 0 amide bonds. The van der Waals surface area contributed by atoms with Crippen LogP contribution >= 0.6 is 0 Å². The van der Waals surface area contributed by atoms with Gasteiger partial charge in [0, 0.05) is 6.42 Å². The molecule has 17 heavy (non-hydrogen) atoms. The topological polar surface area (TPSA) is 156 Å². The van der Waals surface area contributed by atoms with E-state index in [4.69, 9.17) is 21.0 Å². The fourth-order valence-corrected chi connectivity index (χ4v) is 1.08. The van der Waals surface area contributed by atoms with Gasteiger partial charge in [-0.1, -0.05) is 0 Å². The molecule has 0 rings (SSSR count). The van der Waals surface area contributed by atoms with E-state index in [2.05, 4.69) is 30.8 Å². The Hall–Kier alpha value is -2.30. The monoisotopic (exact) mass is 242 g/mol. The van der Waals surface area contributed by atoms with Crippen LogP contribution in [-0.2, 0) is 9.98 Å². The van der Waals surface area contributed by atoms with Crippen LogP contribution in [0.5, 0.6) is 0 Å². The zero-order valence-corrected chi connectivity index (χ0v) is 9.10. The molecule has 0 fully saturated rings. The van der Waals surface area contributed by atoms with Gasteiger partial charge in [0.15, 0.2) is 11.1 Å². The highest BCUT2D eigenvalue weighted by Crippen LogP contribution is 2.27. The molecular weight excluding hydrogens is 232 g/mol. The third-order valence-corrected chi connectivity index (χ3v) is 1.77. The van der Waals surface area contributed by atoms with Crippen molar-refractivity contribution in [2.75, 3.05) is 0 Å². The Morgan fingerprint density at radius 2 is 1.35 bits per heavy atom. The predicted molar refractivity (Wildman–Crippen MR) is 49.8 cm³/mol. The normalized spacial score (nSPS) is 18.0. The lowest BCUT2D eigenvalue weighted by Gasteiger charge is -2.21. The minimum atomic E-state index is -1.46. The Bertz CT molecular complexity index is 349. The minimum Gasteiger partial charge on any atom is -0.203 e. The third kappa shape index (κ3) is 4.83. The average Bonchev–Trinajstić information content (AvgIpc) is 2.34. The molecule has 0 heterocycles. The molecule has 2 N–H and O–H groups in total. The van der Waals surface area contributed by atoms with E-state index in [1.165, 1.54) is 13.8 Å². The van der Waals surface area contributed by atoms with Gasteiger partial charge in [0.05, 0.1) is 22.7 Å². The summed E-state index contributed by atoms with van der Waals surface area (Å²) in [6.07, 6.45) is -0.202. The van der Waals surface area contributed by atoms with Crippen LogP contribution in [0.1, 0.15) is 20.3 Å². The first kappa shape index (κ1) is 14.7. The van der Waals surface area contributed by atoms with Crippen molar-refractivity contribution in [2.24, 2.45) is 20.8 Å². The molecule has 10 heteroatoms. The maximum Gasteiger partial charge on any atom is 0.171 e. The zero-order chi connectivity index (χ0) is 13.4. The highest BCUT2D eigenvalue weighted by atomic mass is 17.2. The molecule has 0 aliphatic carbocycles. The van der Waals surface area contributed by atoms with E-state index >= 15 is 0 Å². The summed E-state index contributed by atoms with van der Waals surface area (Å²) < 4.78 is 0. The van der Waals surface area contributed by atoms with E-state index in [0.29, 0.717) is 0 Å². The first-order valence-corrected chi connectivity index (χ1v) is 4.23. The Balaban J connectivity index is 4.99. The van der Waals surface area contributed by atoms with Crippen molar-refractivity contribution in [3.05, 3.63) is 0 Å². The maximum atomic E-state index is 8.89. The van der Waals surface area contributed by atoms with Crippen molar-refractivity contribution in [1.82, 2.24) is 0 Å². The van der Waals surface area contributed by atoms with Crippen LogP contribution in [-0.4, -0.2) is 21.6 Å². The van der Waals surface area contributed by atoms with Crippen LogP contribution in [0.15, 0.2) is 20.8 Å². The molecule has 10 nitrogen and oxygen atoms in total. The summed E-state index contributed by atoms with van der Waals surface area (Å²) in [5, 5.41) is 46.1. The molecule has 0 aromatic rings. The summed E-state index contributed by atoms with van der Waals surface area (Å²) in [6, 6.07) is 3.54. The van der Waals surface area contributed by atoms with Crippen molar-refractivity contribution in [3.63, 3.8) is 0 Å². The third-order valence-electron chi connectivity index (χ3n) is 1.77. The summed E-state index contributed by atoms with van der Waals surface area (Å²) >= 11 is 0. The van der Waals surface area contributed by atoms with Gasteiger partial charge in [0.2, 0.25) is 0 Å². The van der Waals surface area contributed by atoms with Crippen LogP contribution in [0.25, 0.3) is 0 Å². The van der Waals surface area contributed by atoms with Crippen molar-refractivity contribution >= 4 is 0 Å². The van der Waals surface area contributed by atoms with Gasteiger partial charge >= 0.3 is 0 Å². The first-order valence-electron chi connectivity index (χ1n) is 4.23. The van der Waals surface area contributed by atoms with E-state index in [1.807, 2.05) is 0 Å². The molecular formula is C7H10N6O4. The maximum absolute atomic E-state index is 8.89. The van der Waals surface area contributed by atoms with Crippen molar-refractivity contribution < 1.29 is 20.5 Å². The highest BCUT2D eigenvalue weighted by Gasteiger charge is 2.37. The second-order valence-corrected chi connectivity index (χ2v) is 3.47. The van der Waals surface area contributed by atoms with Gasteiger partial charge in [-0.25, -0.2) is 9.98 Å². The van der Waals surface area contributed by atoms with Gasteiger partial charge in [-0.2, -0.15) is 21.0 Å². The standard InChI is InChI=1S/C7H10N6O4/c1-6(4-8,10-12-16-14)3-7(2,5-9)11-13-17-15/h14-15H,3H2,1-2H3/b12-10-,13-11-. The van der Waals surface area contributed by atoms with E-state index in [9.17, 15) is 0 Å². The van der Waals surface area contributed by atoms with Crippen molar-refractivity contribution in [1.29, 1.82) is 10.5 Å². The van der Waals surface area contributed by atoms with Crippen molar-refractivity contribution in [3.8, 4) is 12.1 Å². The summed E-state index contributed by atoms with van der Waals surface area (Å²) in [5.74, 6) is 0. The Kier molecular flexibility index (Phi) is 5.46. The first-order chi connectivity index (χ1) is 7.95. The molecule has 2 unspecified atom stereocenters. The SMILES string of the molecule is CC(C#N)(CC(C)(C#N)/N=N\OO)/N=N\OO. The highest BCUT2D eigenvalue weighted by molar-refractivity contribution is 5.14. The minimum absolute atomic E-state index is 0.202. The molecule has 0 saturated heterocycles. The molecule has 0 aliphatic heterocycles.